The highest BCUT2D eigenvalue weighted by Gasteiger charge is 2.16. The van der Waals surface area contributed by atoms with Gasteiger partial charge in [0.15, 0.2) is 0 Å². The molecule has 3 rings (SSSR count). The van der Waals surface area contributed by atoms with Crippen molar-refractivity contribution < 1.29 is 14.3 Å². The Morgan fingerprint density at radius 2 is 2.38 bits per heavy atom. The molecular formula is C18H23N3O3. The molecule has 0 saturated carbocycles. The van der Waals surface area contributed by atoms with Crippen molar-refractivity contribution in [2.45, 2.75) is 31.9 Å². The molecule has 1 amide bonds. The summed E-state index contributed by atoms with van der Waals surface area (Å²) in [6.45, 7) is 2.75. The van der Waals surface area contributed by atoms with Gasteiger partial charge in [0.25, 0.3) is 5.91 Å². The maximum absolute atomic E-state index is 12.2. The van der Waals surface area contributed by atoms with Gasteiger partial charge >= 0.3 is 0 Å². The topological polar surface area (TPSA) is 65.4 Å². The van der Waals surface area contributed by atoms with Gasteiger partial charge in [0.05, 0.1) is 6.10 Å². The highest BCUT2D eigenvalue weighted by Crippen LogP contribution is 2.17. The summed E-state index contributed by atoms with van der Waals surface area (Å²) in [4.78, 5) is 12.2. The zero-order valence-electron chi connectivity index (χ0n) is 13.7. The molecule has 0 unspecified atom stereocenters. The molecule has 1 aromatic heterocycles. The third-order valence-electron chi connectivity index (χ3n) is 3.96. The van der Waals surface area contributed by atoms with E-state index < -0.39 is 0 Å². The van der Waals surface area contributed by atoms with Crippen molar-refractivity contribution >= 4 is 5.91 Å². The quantitative estimate of drug-likeness (QED) is 0.755. The summed E-state index contributed by atoms with van der Waals surface area (Å²) in [6.07, 6.45) is 6.80. The average Bonchev–Trinajstić information content (AvgIpc) is 3.30. The highest BCUT2D eigenvalue weighted by atomic mass is 16.5. The summed E-state index contributed by atoms with van der Waals surface area (Å²) in [5.41, 5.74) is 0.610. The molecule has 24 heavy (non-hydrogen) atoms. The van der Waals surface area contributed by atoms with Crippen LogP contribution < -0.4 is 10.1 Å². The number of ether oxygens (including phenoxy) is 2. The number of hydrogen-bond acceptors (Lipinski definition) is 4. The molecule has 0 bridgehead atoms. The summed E-state index contributed by atoms with van der Waals surface area (Å²) in [5, 5.41) is 7.06. The van der Waals surface area contributed by atoms with Crippen LogP contribution in [0.3, 0.4) is 0 Å². The zero-order valence-corrected chi connectivity index (χ0v) is 13.7. The van der Waals surface area contributed by atoms with Gasteiger partial charge in [-0.15, -0.1) is 0 Å². The van der Waals surface area contributed by atoms with Gasteiger partial charge in [-0.1, -0.05) is 6.07 Å². The molecule has 1 fully saturated rings. The first-order valence-corrected chi connectivity index (χ1v) is 8.41. The fourth-order valence-electron chi connectivity index (χ4n) is 2.67. The number of carbonyl (C=O) groups is 1. The van der Waals surface area contributed by atoms with Crippen molar-refractivity contribution in [1.29, 1.82) is 0 Å². The van der Waals surface area contributed by atoms with Crippen LogP contribution in [0.5, 0.6) is 5.75 Å². The standard InChI is InChI=1S/C18H23N3O3/c22-18(19-8-3-10-21-11-4-9-20-21)15-5-1-6-16(13-15)24-14-17-7-2-12-23-17/h1,4-6,9,11,13,17H,2-3,7-8,10,12,14H2,(H,19,22)/t17-/m1/s1. The Balaban J connectivity index is 1.42. The molecule has 0 spiro atoms. The Bertz CT molecular complexity index is 637. The van der Waals surface area contributed by atoms with E-state index >= 15 is 0 Å². The van der Waals surface area contributed by atoms with E-state index in [1.54, 1.807) is 18.3 Å². The van der Waals surface area contributed by atoms with Gasteiger partial charge in [-0.05, 0) is 43.5 Å². The minimum absolute atomic E-state index is 0.0852. The molecule has 0 aliphatic carbocycles. The molecule has 2 heterocycles. The van der Waals surface area contributed by atoms with E-state index in [-0.39, 0.29) is 12.0 Å². The van der Waals surface area contributed by atoms with Crippen LogP contribution in [0.1, 0.15) is 29.6 Å². The second-order valence-electron chi connectivity index (χ2n) is 5.85. The average molecular weight is 329 g/mol. The smallest absolute Gasteiger partial charge is 0.251 e. The molecule has 6 nitrogen and oxygen atoms in total. The predicted octanol–water partition coefficient (Wildman–Crippen LogP) is 2.26. The summed E-state index contributed by atoms with van der Waals surface area (Å²) in [5.74, 6) is 0.618. The zero-order chi connectivity index (χ0) is 16.6. The molecule has 1 atom stereocenters. The van der Waals surface area contributed by atoms with Gasteiger partial charge in [0, 0.05) is 37.7 Å². The van der Waals surface area contributed by atoms with Crippen LogP contribution in [0.4, 0.5) is 0 Å². The summed E-state index contributed by atoms with van der Waals surface area (Å²) >= 11 is 0. The van der Waals surface area contributed by atoms with Crippen LogP contribution in [-0.2, 0) is 11.3 Å². The second kappa shape index (κ2) is 8.49. The van der Waals surface area contributed by atoms with Crippen LogP contribution in [0.2, 0.25) is 0 Å². The minimum Gasteiger partial charge on any atom is -0.491 e. The lowest BCUT2D eigenvalue weighted by Crippen LogP contribution is -2.25. The summed E-state index contributed by atoms with van der Waals surface area (Å²) in [6, 6.07) is 9.16. The number of carbonyl (C=O) groups excluding carboxylic acids is 1. The fraction of sp³-hybridized carbons (Fsp3) is 0.444. The lowest BCUT2D eigenvalue weighted by molar-refractivity contribution is 0.0679. The fourth-order valence-corrected chi connectivity index (χ4v) is 2.67. The molecule has 1 N–H and O–H groups in total. The van der Waals surface area contributed by atoms with E-state index in [2.05, 4.69) is 10.4 Å². The van der Waals surface area contributed by atoms with Gasteiger partial charge in [0.1, 0.15) is 12.4 Å². The highest BCUT2D eigenvalue weighted by molar-refractivity contribution is 5.94. The van der Waals surface area contributed by atoms with Gasteiger partial charge in [0.2, 0.25) is 0 Å². The SMILES string of the molecule is O=C(NCCCn1cccn1)c1cccc(OC[C@H]2CCCO2)c1. The van der Waals surface area contributed by atoms with Gasteiger partial charge in [-0.2, -0.15) is 5.10 Å². The van der Waals surface area contributed by atoms with Crippen LogP contribution in [0.15, 0.2) is 42.7 Å². The van der Waals surface area contributed by atoms with Gasteiger partial charge in [-0.25, -0.2) is 0 Å². The van der Waals surface area contributed by atoms with Crippen LogP contribution in [0, 0.1) is 0 Å². The number of benzene rings is 1. The van der Waals surface area contributed by atoms with E-state index in [1.165, 1.54) is 0 Å². The molecule has 1 saturated heterocycles. The molecular weight excluding hydrogens is 306 g/mol. The van der Waals surface area contributed by atoms with Crippen molar-refractivity contribution in [3.63, 3.8) is 0 Å². The maximum Gasteiger partial charge on any atom is 0.251 e. The van der Waals surface area contributed by atoms with Crippen molar-refractivity contribution in [1.82, 2.24) is 15.1 Å². The second-order valence-corrected chi connectivity index (χ2v) is 5.85. The Labute approximate surface area is 141 Å². The van der Waals surface area contributed by atoms with Crippen LogP contribution >= 0.6 is 0 Å². The summed E-state index contributed by atoms with van der Waals surface area (Å²) < 4.78 is 13.1. The summed E-state index contributed by atoms with van der Waals surface area (Å²) in [7, 11) is 0. The van der Waals surface area contributed by atoms with E-state index in [9.17, 15) is 4.79 Å². The van der Waals surface area contributed by atoms with Crippen LogP contribution in [0.25, 0.3) is 0 Å². The first-order valence-electron chi connectivity index (χ1n) is 8.41. The number of nitrogens with one attached hydrogen (secondary N) is 1. The van der Waals surface area contributed by atoms with Crippen molar-refractivity contribution in [2.24, 2.45) is 0 Å². The molecule has 0 radical (unpaired) electrons. The van der Waals surface area contributed by atoms with Crippen molar-refractivity contribution in [2.75, 3.05) is 19.8 Å². The maximum atomic E-state index is 12.2. The number of nitrogens with zero attached hydrogens (tertiary/aromatic N) is 2. The third-order valence-corrected chi connectivity index (χ3v) is 3.96. The van der Waals surface area contributed by atoms with Crippen molar-refractivity contribution in [3.05, 3.63) is 48.3 Å². The minimum atomic E-state index is -0.0852. The Kier molecular flexibility index (Phi) is 5.85. The van der Waals surface area contributed by atoms with E-state index in [1.807, 2.05) is 29.1 Å². The molecule has 2 aromatic rings. The Morgan fingerprint density at radius 3 is 3.17 bits per heavy atom. The normalized spacial score (nSPS) is 16.9. The lowest BCUT2D eigenvalue weighted by Gasteiger charge is -2.12. The Hall–Kier alpha value is -2.34. The van der Waals surface area contributed by atoms with E-state index in [4.69, 9.17) is 9.47 Å². The lowest BCUT2D eigenvalue weighted by atomic mass is 10.2. The third kappa shape index (κ3) is 4.83. The number of hydrogen-bond donors (Lipinski definition) is 1. The van der Waals surface area contributed by atoms with Gasteiger partial charge < -0.3 is 14.8 Å². The molecule has 128 valence electrons. The van der Waals surface area contributed by atoms with Gasteiger partial charge in [-0.3, -0.25) is 9.48 Å². The molecule has 6 heteroatoms. The molecule has 1 aliphatic rings. The number of amides is 1. The largest absolute Gasteiger partial charge is 0.491 e. The first-order chi connectivity index (χ1) is 11.8. The number of aromatic nitrogens is 2. The van der Waals surface area contributed by atoms with E-state index in [0.717, 1.165) is 32.4 Å². The molecule has 1 aromatic carbocycles. The molecule has 1 aliphatic heterocycles. The predicted molar refractivity (Wildman–Crippen MR) is 90.1 cm³/mol. The van der Waals surface area contributed by atoms with Crippen molar-refractivity contribution in [3.8, 4) is 5.75 Å². The number of rotatable bonds is 8. The first kappa shape index (κ1) is 16.5. The monoisotopic (exact) mass is 329 g/mol. The van der Waals surface area contributed by atoms with E-state index in [0.29, 0.717) is 24.5 Å². The number of aryl methyl sites for hydroxylation is 1. The Morgan fingerprint density at radius 1 is 1.42 bits per heavy atom. The van der Waals surface area contributed by atoms with Crippen LogP contribution in [-0.4, -0.2) is 41.6 Å².